The van der Waals surface area contributed by atoms with E-state index in [1.54, 1.807) is 0 Å². The van der Waals surface area contributed by atoms with Crippen molar-refractivity contribution in [3.05, 3.63) is 138 Å². The second kappa shape index (κ2) is 12.5. The Hall–Kier alpha value is -4.86. The monoisotopic (exact) mass is 821 g/mol. The Morgan fingerprint density at radius 3 is 2.24 bits per heavy atom. The van der Waals surface area contributed by atoms with Crippen molar-refractivity contribution in [2.45, 2.75) is 40.0 Å². The van der Waals surface area contributed by atoms with Gasteiger partial charge < -0.3 is 19.1 Å². The molecule has 0 atom stereocenters. The van der Waals surface area contributed by atoms with E-state index in [0.29, 0.717) is 11.5 Å². The summed E-state index contributed by atoms with van der Waals surface area (Å²) in [5.41, 5.74) is 11.3. The first-order valence-corrected chi connectivity index (χ1v) is 16.5. The largest absolute Gasteiger partial charge is 2.00 e. The van der Waals surface area contributed by atoms with Gasteiger partial charge in [0.25, 0.3) is 0 Å². The molecule has 6 heteroatoms. The number of anilines is 3. The summed E-state index contributed by atoms with van der Waals surface area (Å²) in [6.07, 6.45) is 1.91. The van der Waals surface area contributed by atoms with Gasteiger partial charge in [0.05, 0.1) is 18.0 Å². The number of nitrogens with zero attached hydrogens (tertiary/aromatic N) is 4. The van der Waals surface area contributed by atoms with Gasteiger partial charge in [-0.2, -0.15) is 6.07 Å². The molecular weight excluding hydrogens is 784 g/mol. The molecular formula is C43H38N4OPt. The topological polar surface area (TPSA) is 33.5 Å². The first-order chi connectivity index (χ1) is 23.2. The van der Waals surface area contributed by atoms with Gasteiger partial charge in [-0.15, -0.1) is 35.9 Å². The average Bonchev–Trinajstić information content (AvgIpc) is 3.59. The molecule has 0 aliphatic carbocycles. The zero-order valence-corrected chi connectivity index (χ0v) is 30.9. The van der Waals surface area contributed by atoms with Crippen molar-refractivity contribution < 1.29 is 25.8 Å². The van der Waals surface area contributed by atoms with E-state index in [9.17, 15) is 0 Å². The first kappa shape index (κ1) is 32.7. The molecule has 1 aliphatic rings. The predicted molar refractivity (Wildman–Crippen MR) is 198 cm³/mol. The number of hydrogen-bond acceptors (Lipinski definition) is 4. The zero-order chi connectivity index (χ0) is 33.2. The maximum Gasteiger partial charge on any atom is 2.00 e. The van der Waals surface area contributed by atoms with Crippen molar-refractivity contribution in [2.75, 3.05) is 23.5 Å². The van der Waals surface area contributed by atoms with Crippen molar-refractivity contribution >= 4 is 38.9 Å². The fourth-order valence-corrected chi connectivity index (χ4v) is 7.08. The molecule has 1 aliphatic heterocycles. The van der Waals surface area contributed by atoms with E-state index in [1.165, 1.54) is 27.9 Å². The molecule has 0 radical (unpaired) electrons. The standard InChI is InChI=1S/C43H38N4O.Pt/c1-28-13-11-14-29(2)41(28)35-25-33(48-32-16-12-15-31(24-32)46-27-45(6)37-19-9-10-20-38(37)46)26-39-42(35)34-17-7-8-18-36(34)47(39)40-23-30(21-22-44-40)43(3,4)5;/h7-23,25H,27H2,1-6H3;/q-2;+2. The van der Waals surface area contributed by atoms with Crippen molar-refractivity contribution in [2.24, 2.45) is 0 Å². The quantitative estimate of drug-likeness (QED) is 0.162. The normalized spacial score (nSPS) is 12.8. The third-order valence-corrected chi connectivity index (χ3v) is 9.45. The van der Waals surface area contributed by atoms with Crippen LogP contribution in [0, 0.1) is 26.0 Å². The number of hydrogen-bond donors (Lipinski definition) is 0. The fraction of sp³-hybridized carbons (Fsp3) is 0.186. The van der Waals surface area contributed by atoms with Gasteiger partial charge in [0.15, 0.2) is 0 Å². The van der Waals surface area contributed by atoms with Gasteiger partial charge in [-0.05, 0) is 77.2 Å². The number of para-hydroxylation sites is 3. The first-order valence-electron chi connectivity index (χ1n) is 16.5. The average molecular weight is 822 g/mol. The molecule has 0 unspecified atom stereocenters. The van der Waals surface area contributed by atoms with Crippen LogP contribution in [0.3, 0.4) is 0 Å². The molecule has 5 nitrogen and oxygen atoms in total. The molecule has 5 aromatic carbocycles. The van der Waals surface area contributed by atoms with Gasteiger partial charge in [-0.25, -0.2) is 4.98 Å². The molecule has 0 saturated carbocycles. The summed E-state index contributed by atoms with van der Waals surface area (Å²) in [7, 11) is 2.11. The molecule has 7 aromatic rings. The molecule has 0 saturated heterocycles. The van der Waals surface area contributed by atoms with E-state index >= 15 is 0 Å². The van der Waals surface area contributed by atoms with E-state index in [1.807, 2.05) is 18.3 Å². The van der Waals surface area contributed by atoms with Gasteiger partial charge in [-0.3, -0.25) is 0 Å². The van der Waals surface area contributed by atoms with Gasteiger partial charge in [0, 0.05) is 30.3 Å². The summed E-state index contributed by atoms with van der Waals surface area (Å²) >= 11 is 0. The number of benzene rings is 5. The maximum absolute atomic E-state index is 6.72. The minimum absolute atomic E-state index is 0. The number of rotatable bonds is 5. The molecule has 246 valence electrons. The van der Waals surface area contributed by atoms with Crippen molar-refractivity contribution in [3.63, 3.8) is 0 Å². The second-order valence-corrected chi connectivity index (χ2v) is 13.8. The number of aromatic nitrogens is 2. The molecule has 0 bridgehead atoms. The van der Waals surface area contributed by atoms with Gasteiger partial charge in [0.1, 0.15) is 5.82 Å². The molecule has 49 heavy (non-hydrogen) atoms. The summed E-state index contributed by atoms with van der Waals surface area (Å²) < 4.78 is 8.96. The van der Waals surface area contributed by atoms with E-state index in [2.05, 4.69) is 159 Å². The third-order valence-electron chi connectivity index (χ3n) is 9.45. The van der Waals surface area contributed by atoms with Crippen molar-refractivity contribution in [1.82, 2.24) is 9.55 Å². The maximum atomic E-state index is 6.72. The Bertz CT molecular complexity index is 2330. The SMILES string of the molecule is Cc1cccc(C)c1-c1cc(Oc2[c-]c(N3CN(C)c4ccccc43)ccc2)[c-]c2c1c1ccccc1n2-c1cc(C(C)(C)C)ccn1.[Pt+2]. The van der Waals surface area contributed by atoms with Crippen LogP contribution in [0.15, 0.2) is 109 Å². The number of aryl methyl sites for hydroxylation is 2. The van der Waals surface area contributed by atoms with Gasteiger partial charge >= 0.3 is 21.1 Å². The van der Waals surface area contributed by atoms with Crippen LogP contribution in [0.2, 0.25) is 0 Å². The molecule has 2 aromatic heterocycles. The van der Waals surface area contributed by atoms with Crippen LogP contribution in [-0.2, 0) is 26.5 Å². The van der Waals surface area contributed by atoms with Crippen LogP contribution in [0.4, 0.5) is 17.1 Å². The van der Waals surface area contributed by atoms with Crippen molar-refractivity contribution in [3.8, 4) is 28.4 Å². The molecule has 8 rings (SSSR count). The van der Waals surface area contributed by atoms with Gasteiger partial charge in [-0.1, -0.05) is 85.9 Å². The number of pyridine rings is 1. The van der Waals surface area contributed by atoms with Crippen LogP contribution in [0.25, 0.3) is 38.8 Å². The van der Waals surface area contributed by atoms with Crippen LogP contribution >= 0.6 is 0 Å². The smallest absolute Gasteiger partial charge is 0.509 e. The Morgan fingerprint density at radius 1 is 0.755 bits per heavy atom. The van der Waals surface area contributed by atoms with Crippen LogP contribution in [0.5, 0.6) is 11.5 Å². The summed E-state index contributed by atoms with van der Waals surface area (Å²) in [6.45, 7) is 11.8. The Morgan fingerprint density at radius 2 is 1.47 bits per heavy atom. The third kappa shape index (κ3) is 5.70. The molecule has 0 spiro atoms. The minimum Gasteiger partial charge on any atom is -0.509 e. The molecule has 0 fully saturated rings. The summed E-state index contributed by atoms with van der Waals surface area (Å²) in [5, 5.41) is 2.29. The number of ether oxygens (including phenoxy) is 1. The van der Waals surface area contributed by atoms with E-state index in [0.717, 1.165) is 51.2 Å². The van der Waals surface area contributed by atoms with E-state index < -0.39 is 0 Å². The van der Waals surface area contributed by atoms with Crippen LogP contribution in [-0.4, -0.2) is 23.3 Å². The van der Waals surface area contributed by atoms with Crippen molar-refractivity contribution in [1.29, 1.82) is 0 Å². The predicted octanol–water partition coefficient (Wildman–Crippen LogP) is 10.7. The summed E-state index contributed by atoms with van der Waals surface area (Å²) in [4.78, 5) is 9.43. The fourth-order valence-electron chi connectivity index (χ4n) is 7.08. The van der Waals surface area contributed by atoms with Crippen LogP contribution in [0.1, 0.15) is 37.5 Å². The molecule has 0 amide bonds. The molecule has 3 heterocycles. The second-order valence-electron chi connectivity index (χ2n) is 13.8. The van der Waals surface area contributed by atoms with Gasteiger partial charge in [0.2, 0.25) is 0 Å². The Balaban J connectivity index is 0.00000378. The van der Waals surface area contributed by atoms with E-state index in [-0.39, 0.29) is 26.5 Å². The van der Waals surface area contributed by atoms with E-state index in [4.69, 9.17) is 9.72 Å². The van der Waals surface area contributed by atoms with Crippen LogP contribution < -0.4 is 14.5 Å². The number of fused-ring (bicyclic) bond motifs is 4. The summed E-state index contributed by atoms with van der Waals surface area (Å²) in [6, 6.07) is 43.3. The Kier molecular flexibility index (Phi) is 8.37. The zero-order valence-electron chi connectivity index (χ0n) is 28.6. The minimum atomic E-state index is -0.0244. The summed E-state index contributed by atoms with van der Waals surface area (Å²) in [5.74, 6) is 2.13. The molecule has 0 N–H and O–H groups in total. The Labute approximate surface area is 303 Å².